The first kappa shape index (κ1) is 27.8. The zero-order valence-electron chi connectivity index (χ0n) is 20.6. The van der Waals surface area contributed by atoms with Crippen LogP contribution in [0, 0.1) is 23.1 Å². The van der Waals surface area contributed by atoms with Gasteiger partial charge >= 0.3 is 0 Å². The fourth-order valence-electron chi connectivity index (χ4n) is 5.13. The molecule has 8 nitrogen and oxygen atoms in total. The van der Waals surface area contributed by atoms with Crippen LogP contribution in [-0.4, -0.2) is 50.0 Å². The van der Waals surface area contributed by atoms with E-state index in [0.29, 0.717) is 32.4 Å². The Balaban J connectivity index is 1.77. The number of carbonyl (C=O) groups is 2. The van der Waals surface area contributed by atoms with Crippen molar-refractivity contribution in [1.82, 2.24) is 15.1 Å². The number of nitrogens with one attached hydrogen (secondary N) is 2. The summed E-state index contributed by atoms with van der Waals surface area (Å²) < 4.78 is 40.9. The maximum Gasteiger partial charge on any atom is 0.247 e. The van der Waals surface area contributed by atoms with Gasteiger partial charge in [0.2, 0.25) is 21.8 Å². The molecule has 1 fully saturated rings. The summed E-state index contributed by atoms with van der Waals surface area (Å²) in [5.41, 5.74) is 1.74. The Morgan fingerprint density at radius 3 is 2.42 bits per heavy atom. The standard InChI is InChI=1S/C26H34FN3O5S/c1-19(2)18-26(14-17-30(25(26)32)16-13-20-6-4-3-5-7-20)23(24(31)29-33)12-15-28-36(34,35)22-10-8-21(27)9-11-22/h3-11,19,23,28,33H,12-18H2,1-2H3,(H,29,31)/t23-,26+/m1/s1. The summed E-state index contributed by atoms with van der Waals surface area (Å²) in [6, 6.07) is 14.2. The van der Waals surface area contributed by atoms with E-state index in [4.69, 9.17) is 0 Å². The average Bonchev–Trinajstić information content (AvgIpc) is 3.16. The molecule has 3 N–H and O–H groups in total. The zero-order chi connectivity index (χ0) is 26.3. The van der Waals surface area contributed by atoms with Gasteiger partial charge in [-0.2, -0.15) is 0 Å². The molecule has 2 amide bonds. The second-order valence-corrected chi connectivity index (χ2v) is 11.5. The number of hydroxylamine groups is 1. The zero-order valence-corrected chi connectivity index (χ0v) is 21.4. The number of likely N-dealkylation sites (tertiary alicyclic amines) is 1. The van der Waals surface area contributed by atoms with Gasteiger partial charge in [-0.1, -0.05) is 44.2 Å². The fourth-order valence-corrected chi connectivity index (χ4v) is 6.18. The van der Waals surface area contributed by atoms with Crippen molar-refractivity contribution < 1.29 is 27.6 Å². The smallest absolute Gasteiger partial charge is 0.247 e. The molecule has 1 aliphatic rings. The van der Waals surface area contributed by atoms with Gasteiger partial charge in [-0.25, -0.2) is 23.0 Å². The Kier molecular flexibility index (Phi) is 9.21. The Morgan fingerprint density at radius 2 is 1.81 bits per heavy atom. The number of amides is 2. The Labute approximate surface area is 211 Å². The van der Waals surface area contributed by atoms with Gasteiger partial charge in [-0.05, 0) is 61.4 Å². The van der Waals surface area contributed by atoms with Gasteiger partial charge in [0, 0.05) is 19.6 Å². The highest BCUT2D eigenvalue weighted by molar-refractivity contribution is 7.89. The summed E-state index contributed by atoms with van der Waals surface area (Å²) >= 11 is 0. The van der Waals surface area contributed by atoms with Crippen LogP contribution in [0.3, 0.4) is 0 Å². The number of nitrogens with zero attached hydrogens (tertiary/aromatic N) is 1. The molecule has 10 heteroatoms. The van der Waals surface area contributed by atoms with E-state index in [1.165, 1.54) is 0 Å². The lowest BCUT2D eigenvalue weighted by Crippen LogP contribution is -2.48. The van der Waals surface area contributed by atoms with E-state index >= 15 is 0 Å². The monoisotopic (exact) mass is 519 g/mol. The van der Waals surface area contributed by atoms with Gasteiger partial charge in [0.15, 0.2) is 0 Å². The second-order valence-electron chi connectivity index (χ2n) is 9.70. The van der Waals surface area contributed by atoms with E-state index in [0.717, 1.165) is 29.8 Å². The number of hydrogen-bond acceptors (Lipinski definition) is 5. The highest BCUT2D eigenvalue weighted by atomic mass is 32.2. The van der Waals surface area contributed by atoms with Crippen LogP contribution in [0.1, 0.15) is 38.7 Å². The topological polar surface area (TPSA) is 116 Å². The minimum Gasteiger partial charge on any atom is -0.342 e. The molecule has 0 aliphatic carbocycles. The van der Waals surface area contributed by atoms with Crippen LogP contribution in [0.4, 0.5) is 4.39 Å². The van der Waals surface area contributed by atoms with Crippen LogP contribution in [0.5, 0.6) is 0 Å². The average molecular weight is 520 g/mol. The number of halogens is 1. The molecule has 0 radical (unpaired) electrons. The molecule has 2 aromatic rings. The van der Waals surface area contributed by atoms with Crippen molar-refractivity contribution in [3.05, 3.63) is 66.0 Å². The van der Waals surface area contributed by atoms with Crippen LogP contribution in [-0.2, 0) is 26.0 Å². The summed E-state index contributed by atoms with van der Waals surface area (Å²) in [7, 11) is -3.94. The van der Waals surface area contributed by atoms with Crippen molar-refractivity contribution in [3.63, 3.8) is 0 Å². The number of rotatable bonds is 12. The number of sulfonamides is 1. The Bertz CT molecular complexity index is 1140. The molecule has 196 valence electrons. The molecule has 0 unspecified atom stereocenters. The quantitative estimate of drug-likeness (QED) is 0.294. The summed E-state index contributed by atoms with van der Waals surface area (Å²) in [5.74, 6) is -2.26. The van der Waals surface area contributed by atoms with E-state index in [9.17, 15) is 27.6 Å². The van der Waals surface area contributed by atoms with E-state index < -0.39 is 33.1 Å². The third kappa shape index (κ3) is 6.48. The van der Waals surface area contributed by atoms with Crippen molar-refractivity contribution >= 4 is 21.8 Å². The Hall–Kier alpha value is -2.82. The van der Waals surface area contributed by atoms with Crippen LogP contribution >= 0.6 is 0 Å². The van der Waals surface area contributed by atoms with Crippen LogP contribution in [0.25, 0.3) is 0 Å². The van der Waals surface area contributed by atoms with E-state index in [1.807, 2.05) is 44.2 Å². The third-order valence-electron chi connectivity index (χ3n) is 6.77. The van der Waals surface area contributed by atoms with Gasteiger partial charge in [-0.3, -0.25) is 14.8 Å². The predicted molar refractivity (Wildman–Crippen MR) is 133 cm³/mol. The second kappa shape index (κ2) is 11.9. The minimum atomic E-state index is -3.94. The van der Waals surface area contributed by atoms with Gasteiger partial charge in [0.1, 0.15) is 5.82 Å². The molecule has 0 bridgehead atoms. The van der Waals surface area contributed by atoms with Gasteiger partial charge in [0.25, 0.3) is 0 Å². The van der Waals surface area contributed by atoms with Gasteiger partial charge < -0.3 is 4.90 Å². The van der Waals surface area contributed by atoms with Crippen molar-refractivity contribution in [2.75, 3.05) is 19.6 Å². The molecular formula is C26H34FN3O5S. The van der Waals surface area contributed by atoms with Crippen molar-refractivity contribution in [2.24, 2.45) is 17.3 Å². The highest BCUT2D eigenvalue weighted by Gasteiger charge is 2.54. The summed E-state index contributed by atoms with van der Waals surface area (Å²) in [5, 5.41) is 9.48. The third-order valence-corrected chi connectivity index (χ3v) is 8.25. The molecule has 0 aromatic heterocycles. The lowest BCUT2D eigenvalue weighted by Gasteiger charge is -2.36. The summed E-state index contributed by atoms with van der Waals surface area (Å²) in [6.45, 7) is 4.79. The molecule has 2 aromatic carbocycles. The van der Waals surface area contributed by atoms with Gasteiger partial charge in [-0.15, -0.1) is 0 Å². The SMILES string of the molecule is CC(C)C[C@]1([C@H](CCNS(=O)(=O)c2ccc(F)cc2)C(=O)NO)CCN(CCc2ccccc2)C1=O. The molecule has 0 spiro atoms. The lowest BCUT2D eigenvalue weighted by atomic mass is 9.67. The first-order valence-corrected chi connectivity index (χ1v) is 13.6. The lowest BCUT2D eigenvalue weighted by molar-refractivity contribution is -0.149. The van der Waals surface area contributed by atoms with Crippen molar-refractivity contribution in [3.8, 4) is 0 Å². The first-order chi connectivity index (χ1) is 17.1. The maximum absolute atomic E-state index is 13.7. The van der Waals surface area contributed by atoms with Crippen molar-refractivity contribution in [1.29, 1.82) is 0 Å². The predicted octanol–water partition coefficient (Wildman–Crippen LogP) is 3.12. The normalized spacial score (nSPS) is 19.0. The summed E-state index contributed by atoms with van der Waals surface area (Å²) in [4.78, 5) is 28.2. The molecular weight excluding hydrogens is 485 g/mol. The minimum absolute atomic E-state index is 0.0117. The Morgan fingerprint density at radius 1 is 1.14 bits per heavy atom. The largest absolute Gasteiger partial charge is 0.342 e. The molecule has 0 saturated carbocycles. The molecule has 1 saturated heterocycles. The molecule has 1 heterocycles. The number of carbonyl (C=O) groups excluding carboxylic acids is 2. The van der Waals surface area contributed by atoms with Crippen LogP contribution in [0.15, 0.2) is 59.5 Å². The summed E-state index contributed by atoms with van der Waals surface area (Å²) in [6.07, 6.45) is 1.55. The van der Waals surface area contributed by atoms with E-state index in [-0.39, 0.29) is 29.7 Å². The van der Waals surface area contributed by atoms with E-state index in [1.54, 1.807) is 10.4 Å². The van der Waals surface area contributed by atoms with E-state index in [2.05, 4.69) is 4.72 Å². The van der Waals surface area contributed by atoms with Crippen LogP contribution < -0.4 is 10.2 Å². The molecule has 1 aliphatic heterocycles. The molecule has 3 rings (SSSR count). The van der Waals surface area contributed by atoms with Crippen molar-refractivity contribution in [2.45, 2.75) is 44.4 Å². The fraction of sp³-hybridized carbons (Fsp3) is 0.462. The maximum atomic E-state index is 13.7. The highest BCUT2D eigenvalue weighted by Crippen LogP contribution is 2.46. The molecule has 2 atom stereocenters. The van der Waals surface area contributed by atoms with Crippen LogP contribution in [0.2, 0.25) is 0 Å². The first-order valence-electron chi connectivity index (χ1n) is 12.1. The van der Waals surface area contributed by atoms with Gasteiger partial charge in [0.05, 0.1) is 16.2 Å². The number of benzene rings is 2. The number of hydrogen-bond donors (Lipinski definition) is 3. The molecule has 36 heavy (non-hydrogen) atoms.